The Kier molecular flexibility index (Phi) is 7.08. The standard InChI is InChI=1S/C20H22ClN3O4/c21-17-12-22-9-6-18(17)28-16-7-10-24(11-8-16)19(25)13-23-20(26)27-14-15-4-2-1-3-5-15/h1-6,9,12,16H,7-8,10-11,13-14H2,(H,23,26). The number of piperidine rings is 1. The number of hydrogen-bond acceptors (Lipinski definition) is 5. The number of nitrogens with zero attached hydrogens (tertiary/aromatic N) is 2. The SMILES string of the molecule is O=C(NCC(=O)N1CCC(Oc2ccncc2Cl)CC1)OCc1ccccc1. The summed E-state index contributed by atoms with van der Waals surface area (Å²) in [6.45, 7) is 1.20. The lowest BCUT2D eigenvalue weighted by atomic mass is 10.1. The molecule has 0 saturated carbocycles. The van der Waals surface area contributed by atoms with Gasteiger partial charge in [0.2, 0.25) is 5.91 Å². The second kappa shape index (κ2) is 9.94. The quantitative estimate of drug-likeness (QED) is 0.801. The maximum Gasteiger partial charge on any atom is 0.407 e. The number of rotatable bonds is 6. The average Bonchev–Trinajstić information content (AvgIpc) is 2.73. The number of aromatic nitrogens is 1. The van der Waals surface area contributed by atoms with E-state index in [1.54, 1.807) is 17.2 Å². The molecule has 1 aromatic carbocycles. The molecule has 0 unspecified atom stereocenters. The number of hydrogen-bond donors (Lipinski definition) is 1. The van der Waals surface area contributed by atoms with Gasteiger partial charge in [-0.3, -0.25) is 9.78 Å². The Morgan fingerprint density at radius 2 is 1.93 bits per heavy atom. The van der Waals surface area contributed by atoms with Gasteiger partial charge in [0.15, 0.2) is 0 Å². The van der Waals surface area contributed by atoms with E-state index in [1.165, 1.54) is 6.20 Å². The molecule has 7 nitrogen and oxygen atoms in total. The molecule has 1 aromatic heterocycles. The maximum absolute atomic E-state index is 12.3. The van der Waals surface area contributed by atoms with Crippen LogP contribution in [0, 0.1) is 0 Å². The summed E-state index contributed by atoms with van der Waals surface area (Å²) in [5, 5.41) is 2.97. The third kappa shape index (κ3) is 5.85. The van der Waals surface area contributed by atoms with Gasteiger partial charge in [-0.1, -0.05) is 41.9 Å². The highest BCUT2D eigenvalue weighted by Gasteiger charge is 2.24. The zero-order valence-corrected chi connectivity index (χ0v) is 16.1. The van der Waals surface area contributed by atoms with Crippen LogP contribution in [0.15, 0.2) is 48.8 Å². The zero-order chi connectivity index (χ0) is 19.8. The summed E-state index contributed by atoms with van der Waals surface area (Å²) in [5.41, 5.74) is 0.889. The third-order valence-electron chi connectivity index (χ3n) is 4.42. The maximum atomic E-state index is 12.3. The number of nitrogens with one attached hydrogen (secondary N) is 1. The lowest BCUT2D eigenvalue weighted by Crippen LogP contribution is -2.46. The fraction of sp³-hybridized carbons (Fsp3) is 0.350. The van der Waals surface area contributed by atoms with Crippen molar-refractivity contribution in [1.29, 1.82) is 0 Å². The van der Waals surface area contributed by atoms with E-state index in [0.29, 0.717) is 36.7 Å². The first-order valence-electron chi connectivity index (χ1n) is 9.10. The number of benzene rings is 1. The molecule has 0 atom stereocenters. The van der Waals surface area contributed by atoms with Crippen LogP contribution in [0.4, 0.5) is 4.79 Å². The van der Waals surface area contributed by atoms with Crippen molar-refractivity contribution in [1.82, 2.24) is 15.2 Å². The molecule has 0 radical (unpaired) electrons. The number of likely N-dealkylation sites (tertiary alicyclic amines) is 1. The predicted molar refractivity (Wildman–Crippen MR) is 104 cm³/mol. The molecular weight excluding hydrogens is 382 g/mol. The summed E-state index contributed by atoms with van der Waals surface area (Å²) in [6, 6.07) is 11.1. The van der Waals surface area contributed by atoms with Gasteiger partial charge in [0.1, 0.15) is 30.0 Å². The molecule has 1 aliphatic rings. The van der Waals surface area contributed by atoms with Gasteiger partial charge in [0, 0.05) is 44.4 Å². The van der Waals surface area contributed by atoms with Crippen LogP contribution in [0.1, 0.15) is 18.4 Å². The minimum Gasteiger partial charge on any atom is -0.489 e. The molecule has 2 aromatic rings. The third-order valence-corrected chi connectivity index (χ3v) is 4.70. The largest absolute Gasteiger partial charge is 0.489 e. The minimum atomic E-state index is -0.609. The highest BCUT2D eigenvalue weighted by molar-refractivity contribution is 6.31. The van der Waals surface area contributed by atoms with Gasteiger partial charge >= 0.3 is 6.09 Å². The first kappa shape index (κ1) is 19.9. The molecule has 2 heterocycles. The molecule has 1 fully saturated rings. The second-order valence-corrected chi connectivity index (χ2v) is 6.83. The molecule has 0 aliphatic carbocycles. The van der Waals surface area contributed by atoms with E-state index in [1.807, 2.05) is 30.3 Å². The highest BCUT2D eigenvalue weighted by atomic mass is 35.5. The Morgan fingerprint density at radius 3 is 2.64 bits per heavy atom. The summed E-state index contributed by atoms with van der Waals surface area (Å²) in [6.07, 6.45) is 3.95. The summed E-state index contributed by atoms with van der Waals surface area (Å²) < 4.78 is 11.0. The van der Waals surface area contributed by atoms with Crippen LogP contribution in [-0.2, 0) is 16.1 Å². The van der Waals surface area contributed by atoms with Gasteiger partial charge in [-0.15, -0.1) is 0 Å². The highest BCUT2D eigenvalue weighted by Crippen LogP contribution is 2.25. The molecule has 1 N–H and O–H groups in total. The van der Waals surface area contributed by atoms with E-state index in [9.17, 15) is 9.59 Å². The monoisotopic (exact) mass is 403 g/mol. The van der Waals surface area contributed by atoms with Gasteiger partial charge in [-0.25, -0.2) is 4.79 Å². The molecule has 1 aliphatic heterocycles. The van der Waals surface area contributed by atoms with Crippen molar-refractivity contribution in [3.05, 3.63) is 59.4 Å². The van der Waals surface area contributed by atoms with Crippen LogP contribution in [0.2, 0.25) is 5.02 Å². The minimum absolute atomic E-state index is 0.00672. The molecule has 3 rings (SSSR count). The number of ether oxygens (including phenoxy) is 2. The Morgan fingerprint density at radius 1 is 1.18 bits per heavy atom. The molecule has 28 heavy (non-hydrogen) atoms. The van der Waals surface area contributed by atoms with Crippen LogP contribution in [0.5, 0.6) is 5.75 Å². The molecule has 0 bridgehead atoms. The summed E-state index contributed by atoms with van der Waals surface area (Å²) in [4.78, 5) is 29.7. The lowest BCUT2D eigenvalue weighted by Gasteiger charge is -2.32. The number of pyridine rings is 1. The number of amides is 2. The second-order valence-electron chi connectivity index (χ2n) is 6.42. The fourth-order valence-corrected chi connectivity index (χ4v) is 3.06. The Hall–Kier alpha value is -2.80. The van der Waals surface area contributed by atoms with Gasteiger partial charge in [-0.05, 0) is 5.56 Å². The molecule has 1 saturated heterocycles. The first-order chi connectivity index (χ1) is 13.6. The number of alkyl carbamates (subject to hydrolysis) is 1. The smallest absolute Gasteiger partial charge is 0.407 e. The van der Waals surface area contributed by atoms with E-state index in [2.05, 4.69) is 10.3 Å². The molecule has 148 valence electrons. The molecular formula is C20H22ClN3O4. The molecule has 2 amide bonds. The summed E-state index contributed by atoms with van der Waals surface area (Å²) >= 11 is 6.05. The van der Waals surface area contributed by atoms with Crippen LogP contribution in [0.3, 0.4) is 0 Å². The Labute approximate surface area is 168 Å². The van der Waals surface area contributed by atoms with Crippen molar-refractivity contribution in [2.24, 2.45) is 0 Å². The fourth-order valence-electron chi connectivity index (χ4n) is 2.89. The van der Waals surface area contributed by atoms with Crippen molar-refractivity contribution in [3.63, 3.8) is 0 Å². The van der Waals surface area contributed by atoms with Crippen LogP contribution in [0.25, 0.3) is 0 Å². The lowest BCUT2D eigenvalue weighted by molar-refractivity contribution is -0.131. The Balaban J connectivity index is 1.35. The van der Waals surface area contributed by atoms with E-state index in [0.717, 1.165) is 5.56 Å². The van der Waals surface area contributed by atoms with E-state index in [-0.39, 0.29) is 25.2 Å². The van der Waals surface area contributed by atoms with Crippen molar-refractivity contribution in [2.45, 2.75) is 25.6 Å². The summed E-state index contributed by atoms with van der Waals surface area (Å²) in [7, 11) is 0. The molecule has 8 heteroatoms. The summed E-state index contributed by atoms with van der Waals surface area (Å²) in [5.74, 6) is 0.460. The van der Waals surface area contributed by atoms with E-state index in [4.69, 9.17) is 21.1 Å². The number of halogens is 1. The predicted octanol–water partition coefficient (Wildman–Crippen LogP) is 3.03. The van der Waals surface area contributed by atoms with Gasteiger partial charge in [-0.2, -0.15) is 0 Å². The van der Waals surface area contributed by atoms with Gasteiger partial charge in [0.05, 0.1) is 0 Å². The van der Waals surface area contributed by atoms with Gasteiger partial charge in [0.25, 0.3) is 0 Å². The van der Waals surface area contributed by atoms with Crippen molar-refractivity contribution < 1.29 is 19.1 Å². The number of carbonyl (C=O) groups is 2. The topological polar surface area (TPSA) is 80.8 Å². The molecule has 0 spiro atoms. The normalized spacial score (nSPS) is 14.4. The number of carbonyl (C=O) groups excluding carboxylic acids is 2. The van der Waals surface area contributed by atoms with Crippen molar-refractivity contribution >= 4 is 23.6 Å². The van der Waals surface area contributed by atoms with Crippen LogP contribution >= 0.6 is 11.6 Å². The van der Waals surface area contributed by atoms with Crippen LogP contribution < -0.4 is 10.1 Å². The average molecular weight is 404 g/mol. The van der Waals surface area contributed by atoms with Crippen molar-refractivity contribution in [3.8, 4) is 5.75 Å². The van der Waals surface area contributed by atoms with E-state index >= 15 is 0 Å². The van der Waals surface area contributed by atoms with Crippen LogP contribution in [-0.4, -0.2) is 47.6 Å². The van der Waals surface area contributed by atoms with Crippen molar-refractivity contribution in [2.75, 3.05) is 19.6 Å². The van der Waals surface area contributed by atoms with Gasteiger partial charge < -0.3 is 19.7 Å². The Bertz CT molecular complexity index is 795. The zero-order valence-electron chi connectivity index (χ0n) is 15.3. The first-order valence-corrected chi connectivity index (χ1v) is 9.48. The van der Waals surface area contributed by atoms with E-state index < -0.39 is 6.09 Å².